The number of hydrogen-bond donors (Lipinski definition) is 0. The molecule has 0 atom stereocenters. The molecule has 7 heteroatoms. The monoisotopic (exact) mass is 423 g/mol. The highest BCUT2D eigenvalue weighted by Crippen LogP contribution is 2.34. The molecule has 0 bridgehead atoms. The molecule has 31 heavy (non-hydrogen) atoms. The van der Waals surface area contributed by atoms with Gasteiger partial charge < -0.3 is 18.6 Å². The molecule has 3 aromatic rings. The van der Waals surface area contributed by atoms with Crippen LogP contribution in [0.5, 0.6) is 17.2 Å². The number of esters is 1. The molecular formula is C24H25NO6. The molecule has 0 saturated carbocycles. The van der Waals surface area contributed by atoms with E-state index in [-0.39, 0.29) is 11.2 Å². The third-order valence-corrected chi connectivity index (χ3v) is 5.15. The van der Waals surface area contributed by atoms with Crippen LogP contribution in [0, 0.1) is 12.8 Å². The molecule has 0 spiro atoms. The summed E-state index contributed by atoms with van der Waals surface area (Å²) in [4.78, 5) is 27.0. The van der Waals surface area contributed by atoms with Crippen molar-refractivity contribution >= 4 is 16.9 Å². The topological polar surface area (TPSA) is 78.2 Å². The zero-order valence-electron chi connectivity index (χ0n) is 18.1. The highest BCUT2D eigenvalue weighted by Gasteiger charge is 2.24. The number of rotatable bonds is 5. The lowest BCUT2D eigenvalue weighted by atomic mass is 10.1. The third kappa shape index (κ3) is 4.14. The molecular weight excluding hydrogens is 398 g/mol. The molecule has 0 aliphatic carbocycles. The second-order valence-electron chi connectivity index (χ2n) is 8.03. The van der Waals surface area contributed by atoms with Gasteiger partial charge in [-0.15, -0.1) is 0 Å². The number of carbonyl (C=O) groups is 1. The largest absolute Gasteiger partial charge is 0.478 e. The number of hydrogen-bond acceptors (Lipinski definition) is 7. The Kier molecular flexibility index (Phi) is 5.69. The molecule has 0 amide bonds. The van der Waals surface area contributed by atoms with Crippen LogP contribution in [-0.4, -0.2) is 31.3 Å². The predicted octanol–water partition coefficient (Wildman–Crippen LogP) is 4.49. The lowest BCUT2D eigenvalue weighted by molar-refractivity contribution is 0.0600. The van der Waals surface area contributed by atoms with E-state index in [2.05, 4.69) is 18.7 Å². The number of benzene rings is 2. The van der Waals surface area contributed by atoms with Crippen LogP contribution in [0.15, 0.2) is 45.6 Å². The van der Waals surface area contributed by atoms with Gasteiger partial charge in [0.1, 0.15) is 29.6 Å². The first-order chi connectivity index (χ1) is 14.9. The number of carbonyl (C=O) groups excluding carboxylic acids is 1. The number of fused-ring (bicyclic) bond motifs is 3. The Balaban J connectivity index is 1.69. The molecule has 0 N–H and O–H groups in total. The Morgan fingerprint density at radius 1 is 1.16 bits per heavy atom. The van der Waals surface area contributed by atoms with Crippen molar-refractivity contribution in [3.05, 3.63) is 63.5 Å². The minimum Gasteiger partial charge on any atom is -0.478 e. The van der Waals surface area contributed by atoms with Gasteiger partial charge in [-0.25, -0.2) is 4.79 Å². The first-order valence-electron chi connectivity index (χ1n) is 10.2. The molecule has 0 fully saturated rings. The van der Waals surface area contributed by atoms with Crippen LogP contribution in [0.2, 0.25) is 0 Å². The molecule has 1 aliphatic heterocycles. The van der Waals surface area contributed by atoms with Gasteiger partial charge in [0.25, 0.3) is 0 Å². The number of nitrogens with zero attached hydrogens (tertiary/aromatic N) is 1. The van der Waals surface area contributed by atoms with E-state index in [1.807, 2.05) is 6.07 Å². The molecule has 0 saturated heterocycles. The van der Waals surface area contributed by atoms with E-state index >= 15 is 0 Å². The Morgan fingerprint density at radius 3 is 2.58 bits per heavy atom. The fourth-order valence-corrected chi connectivity index (χ4v) is 3.75. The lowest BCUT2D eigenvalue weighted by Gasteiger charge is -2.30. The van der Waals surface area contributed by atoms with E-state index in [0.717, 1.165) is 17.9 Å². The van der Waals surface area contributed by atoms with E-state index < -0.39 is 5.97 Å². The van der Waals surface area contributed by atoms with Gasteiger partial charge in [0.05, 0.1) is 23.6 Å². The molecule has 2 heterocycles. The van der Waals surface area contributed by atoms with Crippen LogP contribution in [0.25, 0.3) is 11.0 Å². The Morgan fingerprint density at radius 2 is 1.90 bits per heavy atom. The Bertz CT molecular complexity index is 1180. The van der Waals surface area contributed by atoms with E-state index in [0.29, 0.717) is 47.2 Å². The molecule has 1 aliphatic rings. The van der Waals surface area contributed by atoms with E-state index in [4.69, 9.17) is 18.6 Å². The molecule has 1 aromatic heterocycles. The number of ether oxygens (including phenoxy) is 3. The van der Waals surface area contributed by atoms with Gasteiger partial charge in [-0.2, -0.15) is 0 Å². The summed E-state index contributed by atoms with van der Waals surface area (Å²) in [5, 5.41) is 0.445. The summed E-state index contributed by atoms with van der Waals surface area (Å²) < 4.78 is 22.5. The normalized spacial score (nSPS) is 13.7. The molecule has 7 nitrogen and oxygen atoms in total. The fourth-order valence-electron chi connectivity index (χ4n) is 3.75. The molecule has 0 radical (unpaired) electrons. The fraction of sp³-hybridized carbons (Fsp3) is 0.333. The van der Waals surface area contributed by atoms with Crippen molar-refractivity contribution in [3.63, 3.8) is 0 Å². The summed E-state index contributed by atoms with van der Waals surface area (Å²) in [5.74, 6) is 1.72. The predicted molar refractivity (Wildman–Crippen MR) is 116 cm³/mol. The molecule has 4 rings (SSSR count). The van der Waals surface area contributed by atoms with Crippen LogP contribution >= 0.6 is 0 Å². The standard InChI is InChI=1S/C24H25NO6/c1-14(2)11-25-12-19-20(29-13-25)10-9-18-21(26)22(15(3)30-23(18)19)31-17-7-5-16(6-8-17)24(27)28-4/h5-10,14H,11-13H2,1-4H3. The van der Waals surface area contributed by atoms with Gasteiger partial charge in [-0.3, -0.25) is 9.69 Å². The zero-order valence-corrected chi connectivity index (χ0v) is 18.1. The first-order valence-corrected chi connectivity index (χ1v) is 10.2. The SMILES string of the molecule is COC(=O)c1ccc(Oc2c(C)oc3c4c(ccc3c2=O)OCN(CC(C)C)C4)cc1. The Hall–Kier alpha value is -3.32. The molecule has 0 unspecified atom stereocenters. The van der Waals surface area contributed by atoms with Gasteiger partial charge in [-0.1, -0.05) is 13.8 Å². The first kappa shape index (κ1) is 20.9. The molecule has 2 aromatic carbocycles. The van der Waals surface area contributed by atoms with Crippen LogP contribution in [0.4, 0.5) is 0 Å². The zero-order chi connectivity index (χ0) is 22.1. The number of methoxy groups -OCH3 is 1. The van der Waals surface area contributed by atoms with Crippen molar-refractivity contribution in [2.24, 2.45) is 5.92 Å². The van der Waals surface area contributed by atoms with Crippen LogP contribution < -0.4 is 14.9 Å². The summed E-state index contributed by atoms with van der Waals surface area (Å²) in [7, 11) is 1.32. The third-order valence-electron chi connectivity index (χ3n) is 5.15. The number of aryl methyl sites for hydroxylation is 1. The maximum absolute atomic E-state index is 13.2. The smallest absolute Gasteiger partial charge is 0.337 e. The van der Waals surface area contributed by atoms with Gasteiger partial charge in [0.2, 0.25) is 11.2 Å². The summed E-state index contributed by atoms with van der Waals surface area (Å²) in [5.41, 5.74) is 1.55. The van der Waals surface area contributed by atoms with Crippen molar-refractivity contribution in [2.75, 3.05) is 20.4 Å². The minimum atomic E-state index is -0.438. The van der Waals surface area contributed by atoms with Gasteiger partial charge in [0.15, 0.2) is 0 Å². The quantitative estimate of drug-likeness (QED) is 0.560. The average molecular weight is 423 g/mol. The van der Waals surface area contributed by atoms with E-state index in [1.165, 1.54) is 7.11 Å². The van der Waals surface area contributed by atoms with Gasteiger partial charge in [-0.05, 0) is 49.2 Å². The van der Waals surface area contributed by atoms with Crippen molar-refractivity contribution < 1.29 is 23.4 Å². The van der Waals surface area contributed by atoms with E-state index in [9.17, 15) is 9.59 Å². The summed E-state index contributed by atoms with van der Waals surface area (Å²) in [6, 6.07) is 9.91. The molecule has 162 valence electrons. The average Bonchev–Trinajstić information content (AvgIpc) is 2.76. The van der Waals surface area contributed by atoms with Gasteiger partial charge >= 0.3 is 5.97 Å². The summed E-state index contributed by atoms with van der Waals surface area (Å²) in [6.45, 7) is 8.08. The van der Waals surface area contributed by atoms with Crippen LogP contribution in [-0.2, 0) is 11.3 Å². The van der Waals surface area contributed by atoms with E-state index in [1.54, 1.807) is 37.3 Å². The second-order valence-corrected chi connectivity index (χ2v) is 8.03. The van der Waals surface area contributed by atoms with Crippen LogP contribution in [0.1, 0.15) is 35.5 Å². The van der Waals surface area contributed by atoms with Crippen molar-refractivity contribution in [1.82, 2.24) is 4.90 Å². The highest BCUT2D eigenvalue weighted by molar-refractivity contribution is 5.89. The second kappa shape index (κ2) is 8.43. The van der Waals surface area contributed by atoms with Crippen LogP contribution in [0.3, 0.4) is 0 Å². The van der Waals surface area contributed by atoms with Gasteiger partial charge in [0, 0.05) is 13.1 Å². The maximum Gasteiger partial charge on any atom is 0.337 e. The summed E-state index contributed by atoms with van der Waals surface area (Å²) in [6.07, 6.45) is 0. The van der Waals surface area contributed by atoms with Crippen molar-refractivity contribution in [3.8, 4) is 17.2 Å². The minimum absolute atomic E-state index is 0.119. The van der Waals surface area contributed by atoms with Crippen molar-refractivity contribution in [1.29, 1.82) is 0 Å². The Labute approximate surface area is 180 Å². The highest BCUT2D eigenvalue weighted by atomic mass is 16.5. The summed E-state index contributed by atoms with van der Waals surface area (Å²) >= 11 is 0. The lowest BCUT2D eigenvalue weighted by Crippen LogP contribution is -2.34. The van der Waals surface area contributed by atoms with Crippen molar-refractivity contribution in [2.45, 2.75) is 27.3 Å². The maximum atomic E-state index is 13.2.